The molecule has 3 amide bonds. The lowest BCUT2D eigenvalue weighted by Crippen LogP contribution is -2.34. The Morgan fingerprint density at radius 2 is 1.36 bits per heavy atom. The summed E-state index contributed by atoms with van der Waals surface area (Å²) in [4.78, 5) is 78.6. The number of imide groups is 1. The number of ketones is 1. The van der Waals surface area contributed by atoms with E-state index in [2.05, 4.69) is 30.9 Å². The molecule has 2 heterocycles. The first-order chi connectivity index (χ1) is 26.6. The lowest BCUT2D eigenvalue weighted by Gasteiger charge is -2.21. The second kappa shape index (κ2) is 18.6. The highest BCUT2D eigenvalue weighted by molar-refractivity contribution is 6.16. The predicted molar refractivity (Wildman–Crippen MR) is 200 cm³/mol. The van der Waals surface area contributed by atoms with Crippen LogP contribution in [0.4, 0.5) is 17.6 Å². The van der Waals surface area contributed by atoms with Gasteiger partial charge in [-0.25, -0.2) is 4.79 Å². The summed E-state index contributed by atoms with van der Waals surface area (Å²) in [5, 5.41) is 29.2. The van der Waals surface area contributed by atoms with Crippen LogP contribution in [-0.4, -0.2) is 112 Å². The maximum absolute atomic E-state index is 13.5. The Hall–Kier alpha value is -7.04. The van der Waals surface area contributed by atoms with Crippen LogP contribution >= 0.6 is 0 Å². The Morgan fingerprint density at radius 1 is 0.727 bits per heavy atom. The molecule has 0 saturated heterocycles. The molecule has 0 unspecified atom stereocenters. The molecule has 1 aliphatic rings. The molecule has 0 fully saturated rings. The van der Waals surface area contributed by atoms with Gasteiger partial charge in [-0.05, 0) is 44.2 Å². The van der Waals surface area contributed by atoms with Crippen molar-refractivity contribution in [3.05, 3.63) is 101 Å². The minimum atomic E-state index is -0.765. The maximum Gasteiger partial charge on any atom is 0.338 e. The van der Waals surface area contributed by atoms with Crippen LogP contribution in [0.25, 0.3) is 0 Å². The highest BCUT2D eigenvalue weighted by atomic mass is 16.5. The van der Waals surface area contributed by atoms with Gasteiger partial charge in [0, 0.05) is 55.6 Å². The molecule has 3 aromatic carbocycles. The second-order valence-electron chi connectivity index (χ2n) is 11.8. The highest BCUT2D eigenvalue weighted by Gasteiger charge is 2.24. The third kappa shape index (κ3) is 10.1. The average Bonchev–Trinajstić information content (AvgIpc) is 3.51. The van der Waals surface area contributed by atoms with E-state index in [1.807, 2.05) is 18.7 Å². The lowest BCUT2D eigenvalue weighted by atomic mass is 9.97. The second-order valence-corrected chi connectivity index (χ2v) is 11.8. The standard InChI is InChI=1S/C38H40N8O9/c1-3-45(4-2)24-13-14-27(30(48)23-24)33(51)25-9-5-6-10-26(25)35(53)54-21-19-41-37-42-36(40-18-17-39-34(52)28-11-7-8-12-29(28)47)43-38(44-37)55-22-20-46-31(49)15-16-32(46)50/h5-16,23,47-48H,3-4,17-22H2,1-2H3,(H,39,52)(H2,40,41,42,43,44). The Kier molecular flexibility index (Phi) is 13.3. The summed E-state index contributed by atoms with van der Waals surface area (Å²) >= 11 is 0. The van der Waals surface area contributed by atoms with Crippen molar-refractivity contribution in [1.82, 2.24) is 25.2 Å². The van der Waals surface area contributed by atoms with Crippen LogP contribution in [0.5, 0.6) is 17.5 Å². The third-order valence-electron chi connectivity index (χ3n) is 8.27. The van der Waals surface area contributed by atoms with Gasteiger partial charge in [-0.1, -0.05) is 30.3 Å². The first-order valence-electron chi connectivity index (χ1n) is 17.4. The molecular weight excluding hydrogens is 712 g/mol. The number of nitrogens with one attached hydrogen (secondary N) is 3. The minimum Gasteiger partial charge on any atom is -0.507 e. The summed E-state index contributed by atoms with van der Waals surface area (Å²) in [5.74, 6) is -3.01. The van der Waals surface area contributed by atoms with E-state index in [1.54, 1.807) is 30.3 Å². The zero-order valence-electron chi connectivity index (χ0n) is 30.2. The number of hydrogen-bond donors (Lipinski definition) is 5. The molecule has 5 rings (SSSR count). The summed E-state index contributed by atoms with van der Waals surface area (Å²) in [7, 11) is 0. The predicted octanol–water partition coefficient (Wildman–Crippen LogP) is 2.77. The number of esters is 1. The van der Waals surface area contributed by atoms with E-state index in [1.165, 1.54) is 36.4 Å². The first-order valence-corrected chi connectivity index (χ1v) is 17.4. The van der Waals surface area contributed by atoms with Crippen molar-refractivity contribution in [2.24, 2.45) is 0 Å². The molecule has 1 aliphatic heterocycles. The normalized spacial score (nSPS) is 12.0. The minimum absolute atomic E-state index is 0.0155. The highest BCUT2D eigenvalue weighted by Crippen LogP contribution is 2.28. The van der Waals surface area contributed by atoms with Gasteiger partial charge in [0.1, 0.15) is 24.7 Å². The van der Waals surface area contributed by atoms with Gasteiger partial charge in [0.15, 0.2) is 5.78 Å². The van der Waals surface area contributed by atoms with Crippen molar-refractivity contribution in [3.63, 3.8) is 0 Å². The summed E-state index contributed by atoms with van der Waals surface area (Å²) in [6.07, 6.45) is 2.32. The van der Waals surface area contributed by atoms with Gasteiger partial charge in [-0.3, -0.25) is 24.1 Å². The fourth-order valence-corrected chi connectivity index (χ4v) is 5.46. The van der Waals surface area contributed by atoms with Crippen molar-refractivity contribution in [3.8, 4) is 17.5 Å². The summed E-state index contributed by atoms with van der Waals surface area (Å²) in [5.41, 5.74) is 1.00. The van der Waals surface area contributed by atoms with Crippen LogP contribution in [0.1, 0.15) is 50.5 Å². The number of benzene rings is 3. The van der Waals surface area contributed by atoms with Crippen molar-refractivity contribution in [2.45, 2.75) is 13.8 Å². The van der Waals surface area contributed by atoms with Crippen LogP contribution in [0.2, 0.25) is 0 Å². The van der Waals surface area contributed by atoms with Crippen molar-refractivity contribution < 1.29 is 43.7 Å². The van der Waals surface area contributed by atoms with Crippen LogP contribution in [-0.2, 0) is 14.3 Å². The smallest absolute Gasteiger partial charge is 0.338 e. The molecule has 0 aliphatic carbocycles. The Bertz CT molecular complexity index is 2070. The summed E-state index contributed by atoms with van der Waals surface area (Å²) in [6, 6.07) is 16.9. The number of nitrogens with zero attached hydrogens (tertiary/aromatic N) is 5. The Balaban J connectivity index is 1.20. The van der Waals surface area contributed by atoms with Crippen molar-refractivity contribution >= 4 is 47.1 Å². The van der Waals surface area contributed by atoms with Crippen molar-refractivity contribution in [2.75, 3.05) is 68.0 Å². The number of anilines is 3. The molecule has 1 aromatic heterocycles. The van der Waals surface area contributed by atoms with Gasteiger partial charge in [0.2, 0.25) is 11.9 Å². The SMILES string of the molecule is CCN(CC)c1ccc(C(=O)c2ccccc2C(=O)OCCNc2nc(NCCNC(=O)c3ccccc3O)nc(OCCN3C(=O)C=CC3=O)n2)c(O)c1. The number of carbonyl (C=O) groups excluding carboxylic acids is 5. The monoisotopic (exact) mass is 752 g/mol. The number of aromatic hydroxyl groups is 2. The van der Waals surface area contributed by atoms with E-state index < -0.39 is 29.5 Å². The number of phenols is 2. The number of ether oxygens (including phenoxy) is 2. The third-order valence-corrected chi connectivity index (χ3v) is 8.27. The molecule has 4 aromatic rings. The van der Waals surface area contributed by atoms with Gasteiger partial charge >= 0.3 is 12.0 Å². The number of rotatable bonds is 19. The maximum atomic E-state index is 13.5. The van der Waals surface area contributed by atoms with E-state index in [9.17, 15) is 34.2 Å². The van der Waals surface area contributed by atoms with Crippen LogP contribution in [0.15, 0.2) is 78.9 Å². The fraction of sp³-hybridized carbons (Fsp3) is 0.263. The molecule has 0 saturated carbocycles. The van der Waals surface area contributed by atoms with E-state index in [-0.39, 0.29) is 91.1 Å². The Labute approximate surface area is 316 Å². The van der Waals surface area contributed by atoms with Crippen LogP contribution in [0.3, 0.4) is 0 Å². The lowest BCUT2D eigenvalue weighted by molar-refractivity contribution is -0.137. The average molecular weight is 753 g/mol. The first kappa shape index (κ1) is 39.2. The molecule has 0 bridgehead atoms. The van der Waals surface area contributed by atoms with E-state index >= 15 is 0 Å². The van der Waals surface area contributed by atoms with Crippen LogP contribution < -0.4 is 25.6 Å². The van der Waals surface area contributed by atoms with E-state index in [0.29, 0.717) is 0 Å². The summed E-state index contributed by atoms with van der Waals surface area (Å²) < 4.78 is 11.1. The van der Waals surface area contributed by atoms with Crippen LogP contribution in [0, 0.1) is 0 Å². The van der Waals surface area contributed by atoms with E-state index in [4.69, 9.17) is 9.47 Å². The molecule has 55 heavy (non-hydrogen) atoms. The number of carbonyl (C=O) groups is 5. The quantitative estimate of drug-likeness (QED) is 0.0402. The number of amides is 3. The van der Waals surface area contributed by atoms with E-state index in [0.717, 1.165) is 35.8 Å². The molecule has 286 valence electrons. The molecule has 0 spiro atoms. The zero-order valence-corrected chi connectivity index (χ0v) is 30.2. The number of hydrogen-bond acceptors (Lipinski definition) is 15. The van der Waals surface area contributed by atoms with Crippen molar-refractivity contribution in [1.29, 1.82) is 0 Å². The zero-order chi connectivity index (χ0) is 39.3. The molecule has 0 atom stereocenters. The number of aromatic nitrogens is 3. The fourth-order valence-electron chi connectivity index (χ4n) is 5.46. The van der Waals surface area contributed by atoms with Gasteiger partial charge in [0.25, 0.3) is 17.7 Å². The number of phenolic OH excluding ortho intramolecular Hbond substituents is 2. The van der Waals surface area contributed by atoms with Gasteiger partial charge < -0.3 is 40.5 Å². The summed E-state index contributed by atoms with van der Waals surface area (Å²) in [6.45, 7) is 5.40. The molecule has 5 N–H and O–H groups in total. The van der Waals surface area contributed by atoms with Gasteiger partial charge in [-0.15, -0.1) is 0 Å². The molecule has 0 radical (unpaired) electrons. The molecular formula is C38H40N8O9. The largest absolute Gasteiger partial charge is 0.507 e. The molecule has 17 heteroatoms. The van der Waals surface area contributed by atoms with Gasteiger partial charge in [0.05, 0.1) is 29.8 Å². The van der Waals surface area contributed by atoms with Gasteiger partial charge in [-0.2, -0.15) is 15.0 Å². The Morgan fingerprint density at radius 3 is 2.02 bits per heavy atom. The topological polar surface area (TPSA) is 226 Å². The number of para-hydroxylation sites is 1. The molecule has 17 nitrogen and oxygen atoms in total.